The van der Waals surface area contributed by atoms with Crippen molar-refractivity contribution in [1.29, 1.82) is 0 Å². The molecule has 0 aliphatic heterocycles. The number of amides is 1. The topological polar surface area (TPSA) is 46.9 Å². The third kappa shape index (κ3) is 4.19. The smallest absolute Gasteiger partial charge is 0.221 e. The van der Waals surface area contributed by atoms with Crippen LogP contribution in [0.1, 0.15) is 29.0 Å². The number of carbonyl (C=O) groups is 1. The fourth-order valence-electron chi connectivity index (χ4n) is 3.71. The predicted octanol–water partition coefficient (Wildman–Crippen LogP) is 4.55. The van der Waals surface area contributed by atoms with Crippen LogP contribution in [0, 0.1) is 5.82 Å². The lowest BCUT2D eigenvalue weighted by molar-refractivity contribution is -0.121. The zero-order chi connectivity index (χ0) is 20.2. The Bertz CT molecular complexity index is 1120. The second-order valence-corrected chi connectivity index (χ2v) is 7.16. The van der Waals surface area contributed by atoms with Gasteiger partial charge in [-0.05, 0) is 41.0 Å². The van der Waals surface area contributed by atoms with Crippen LogP contribution >= 0.6 is 0 Å². The van der Waals surface area contributed by atoms with Crippen LogP contribution in [-0.2, 0) is 18.4 Å². The Labute approximate surface area is 169 Å². The molecule has 1 atom stereocenters. The Kier molecular flexibility index (Phi) is 5.38. The highest BCUT2D eigenvalue weighted by atomic mass is 19.1. The van der Waals surface area contributed by atoms with E-state index in [1.54, 1.807) is 24.5 Å². The highest BCUT2D eigenvalue weighted by Gasteiger charge is 2.22. The molecule has 0 bridgehead atoms. The molecule has 2 aromatic heterocycles. The van der Waals surface area contributed by atoms with Gasteiger partial charge in [-0.3, -0.25) is 9.78 Å². The number of carbonyl (C=O) groups excluding carboxylic acids is 1. The van der Waals surface area contributed by atoms with Crippen molar-refractivity contribution < 1.29 is 9.18 Å². The predicted molar refractivity (Wildman–Crippen MR) is 112 cm³/mol. The fraction of sp³-hybridized carbons (Fsp3) is 0.167. The minimum absolute atomic E-state index is 0.0592. The van der Waals surface area contributed by atoms with E-state index in [4.69, 9.17) is 0 Å². The minimum Gasteiger partial charge on any atom is -0.352 e. The molecule has 2 aromatic carbocycles. The number of fused-ring (bicyclic) bond motifs is 1. The Hall–Kier alpha value is -3.47. The number of pyridine rings is 1. The van der Waals surface area contributed by atoms with Crippen LogP contribution in [0.2, 0.25) is 0 Å². The molecule has 0 radical (unpaired) electrons. The lowest BCUT2D eigenvalue weighted by atomic mass is 9.88. The molecule has 4 rings (SSSR count). The molecule has 4 aromatic rings. The van der Waals surface area contributed by atoms with Crippen LogP contribution in [-0.4, -0.2) is 15.5 Å². The lowest BCUT2D eigenvalue weighted by Gasteiger charge is -2.17. The van der Waals surface area contributed by atoms with E-state index in [1.807, 2.05) is 31.3 Å². The number of aromatic nitrogens is 2. The molecular weight excluding hydrogens is 365 g/mol. The Morgan fingerprint density at radius 1 is 1.10 bits per heavy atom. The van der Waals surface area contributed by atoms with Gasteiger partial charge in [-0.2, -0.15) is 0 Å². The molecular formula is C24H22FN3O. The van der Waals surface area contributed by atoms with Crippen molar-refractivity contribution in [3.63, 3.8) is 0 Å². The number of halogens is 1. The second-order valence-electron chi connectivity index (χ2n) is 7.16. The van der Waals surface area contributed by atoms with Gasteiger partial charge in [-0.25, -0.2) is 4.39 Å². The molecule has 1 N–H and O–H groups in total. The van der Waals surface area contributed by atoms with E-state index < -0.39 is 0 Å². The molecule has 0 aliphatic carbocycles. The molecule has 0 saturated carbocycles. The summed E-state index contributed by atoms with van der Waals surface area (Å²) < 4.78 is 15.6. The van der Waals surface area contributed by atoms with Gasteiger partial charge < -0.3 is 9.88 Å². The van der Waals surface area contributed by atoms with Gasteiger partial charge in [-0.1, -0.05) is 36.4 Å². The summed E-state index contributed by atoms with van der Waals surface area (Å²) in [6.45, 7) is 0.429. The van der Waals surface area contributed by atoms with Crippen LogP contribution in [0.3, 0.4) is 0 Å². The van der Waals surface area contributed by atoms with Gasteiger partial charge in [0.2, 0.25) is 5.91 Å². The van der Waals surface area contributed by atoms with Gasteiger partial charge in [0.05, 0.1) is 0 Å². The lowest BCUT2D eigenvalue weighted by Crippen LogP contribution is -2.25. The molecule has 0 saturated heterocycles. The standard InChI is InChI=1S/C24H22FN3O/c1-28-16-22(20-6-2-3-7-23(20)28)21(18-8-10-19(25)11-9-18)13-24(29)27-15-17-5-4-12-26-14-17/h2-12,14,16,21H,13,15H2,1H3,(H,27,29). The number of hydrogen-bond acceptors (Lipinski definition) is 2. The molecule has 0 fully saturated rings. The van der Waals surface area contributed by atoms with Gasteiger partial charge in [0.25, 0.3) is 0 Å². The zero-order valence-corrected chi connectivity index (χ0v) is 16.2. The quantitative estimate of drug-likeness (QED) is 0.528. The van der Waals surface area contributed by atoms with E-state index in [9.17, 15) is 9.18 Å². The summed E-state index contributed by atoms with van der Waals surface area (Å²) >= 11 is 0. The number of nitrogens with zero attached hydrogens (tertiary/aromatic N) is 2. The summed E-state index contributed by atoms with van der Waals surface area (Å²) in [5, 5.41) is 4.08. The van der Waals surface area contributed by atoms with Gasteiger partial charge in [-0.15, -0.1) is 0 Å². The normalized spacial score (nSPS) is 12.1. The molecule has 29 heavy (non-hydrogen) atoms. The Morgan fingerprint density at radius 3 is 2.66 bits per heavy atom. The molecule has 1 amide bonds. The van der Waals surface area contributed by atoms with Gasteiger partial charge in [0, 0.05) is 55.4 Å². The maximum Gasteiger partial charge on any atom is 0.221 e. The molecule has 0 aliphatic rings. The largest absolute Gasteiger partial charge is 0.352 e. The van der Waals surface area contributed by atoms with Crippen LogP contribution in [0.15, 0.2) is 79.3 Å². The number of benzene rings is 2. The average Bonchev–Trinajstić information content (AvgIpc) is 3.09. The molecule has 5 heteroatoms. The Morgan fingerprint density at radius 2 is 1.90 bits per heavy atom. The Balaban J connectivity index is 1.63. The van der Waals surface area contributed by atoms with E-state index in [1.165, 1.54) is 12.1 Å². The highest BCUT2D eigenvalue weighted by molar-refractivity contribution is 5.86. The van der Waals surface area contributed by atoms with E-state index in [2.05, 4.69) is 33.2 Å². The number of para-hydroxylation sites is 1. The average molecular weight is 387 g/mol. The zero-order valence-electron chi connectivity index (χ0n) is 16.2. The summed E-state index contributed by atoms with van der Waals surface area (Å²) in [7, 11) is 2.00. The van der Waals surface area contributed by atoms with E-state index in [0.717, 1.165) is 27.6 Å². The SMILES string of the molecule is Cn1cc(C(CC(=O)NCc2cccnc2)c2ccc(F)cc2)c2ccccc21. The number of aryl methyl sites for hydroxylation is 1. The summed E-state index contributed by atoms with van der Waals surface area (Å²) in [6.07, 6.45) is 5.78. The first-order chi connectivity index (χ1) is 14.1. The highest BCUT2D eigenvalue weighted by Crippen LogP contribution is 2.34. The van der Waals surface area contributed by atoms with Crippen LogP contribution in [0.25, 0.3) is 10.9 Å². The van der Waals surface area contributed by atoms with Gasteiger partial charge >= 0.3 is 0 Å². The van der Waals surface area contributed by atoms with Crippen molar-refractivity contribution in [2.75, 3.05) is 0 Å². The van der Waals surface area contributed by atoms with Crippen molar-refractivity contribution in [3.05, 3.63) is 102 Å². The van der Waals surface area contributed by atoms with Crippen molar-refractivity contribution in [3.8, 4) is 0 Å². The van der Waals surface area contributed by atoms with Crippen LogP contribution in [0.5, 0.6) is 0 Å². The number of rotatable bonds is 6. The van der Waals surface area contributed by atoms with Crippen molar-refractivity contribution in [1.82, 2.24) is 14.9 Å². The molecule has 4 nitrogen and oxygen atoms in total. The monoisotopic (exact) mass is 387 g/mol. The van der Waals surface area contributed by atoms with Crippen LogP contribution in [0.4, 0.5) is 4.39 Å². The molecule has 2 heterocycles. The maximum absolute atomic E-state index is 13.5. The van der Waals surface area contributed by atoms with Crippen LogP contribution < -0.4 is 5.32 Å². The van der Waals surface area contributed by atoms with Crippen molar-refractivity contribution >= 4 is 16.8 Å². The number of hydrogen-bond donors (Lipinski definition) is 1. The summed E-state index contributed by atoms with van der Waals surface area (Å²) in [4.78, 5) is 16.8. The maximum atomic E-state index is 13.5. The summed E-state index contributed by atoms with van der Waals surface area (Å²) in [5.41, 5.74) is 4.03. The van der Waals surface area contributed by atoms with E-state index in [0.29, 0.717) is 6.54 Å². The first-order valence-electron chi connectivity index (χ1n) is 9.57. The molecule has 0 spiro atoms. The minimum atomic E-state index is -0.286. The third-order valence-corrected chi connectivity index (χ3v) is 5.18. The molecule has 1 unspecified atom stereocenters. The van der Waals surface area contributed by atoms with Gasteiger partial charge in [0.15, 0.2) is 0 Å². The van der Waals surface area contributed by atoms with Crippen molar-refractivity contribution in [2.45, 2.75) is 18.9 Å². The fourth-order valence-corrected chi connectivity index (χ4v) is 3.71. The summed E-state index contributed by atoms with van der Waals surface area (Å²) in [5.74, 6) is -0.516. The van der Waals surface area contributed by atoms with Crippen molar-refractivity contribution in [2.24, 2.45) is 7.05 Å². The third-order valence-electron chi connectivity index (χ3n) is 5.18. The first kappa shape index (κ1) is 18.9. The first-order valence-corrected chi connectivity index (χ1v) is 9.57. The number of nitrogens with one attached hydrogen (secondary N) is 1. The van der Waals surface area contributed by atoms with E-state index in [-0.39, 0.29) is 24.1 Å². The van der Waals surface area contributed by atoms with E-state index >= 15 is 0 Å². The second kappa shape index (κ2) is 8.27. The van der Waals surface area contributed by atoms with Gasteiger partial charge in [0.1, 0.15) is 5.82 Å². The summed E-state index contributed by atoms with van der Waals surface area (Å²) in [6, 6.07) is 18.3. The molecule has 146 valence electrons.